The number of rotatable bonds is 17. The molecule has 0 fully saturated rings. The molecule has 206 valence electrons. The number of guanidine groups is 1. The van der Waals surface area contributed by atoms with Crippen molar-refractivity contribution in [1.82, 2.24) is 5.32 Å². The molecule has 0 radical (unpaired) electrons. The number of aliphatic carboxylic acids is 1. The summed E-state index contributed by atoms with van der Waals surface area (Å²) in [5.41, 5.74) is 10.8. The van der Waals surface area contributed by atoms with Crippen LogP contribution in [0.3, 0.4) is 0 Å². The molecule has 0 aromatic heterocycles. The second kappa shape index (κ2) is 16.7. The lowest BCUT2D eigenvalue weighted by molar-refractivity contribution is -0.156. The van der Waals surface area contributed by atoms with Crippen LogP contribution >= 0.6 is 0 Å². The highest BCUT2D eigenvalue weighted by Gasteiger charge is 2.44. The molecule has 5 atom stereocenters. The number of nitrogens with two attached hydrogens (primary N) is 2. The topological polar surface area (TPSA) is 207 Å². The summed E-state index contributed by atoms with van der Waals surface area (Å²) in [5.74, 6) is -3.43. The molecular weight excluding hydrogens is 472 g/mol. The minimum atomic E-state index is -1.73. The Hall–Kier alpha value is -2.86. The zero-order chi connectivity index (χ0) is 27.1. The molecule has 1 aliphatic heterocycles. The van der Waals surface area contributed by atoms with E-state index in [0.29, 0.717) is 6.42 Å². The summed E-state index contributed by atoms with van der Waals surface area (Å²) in [7, 11) is 0. The average molecular weight is 515 g/mol. The van der Waals surface area contributed by atoms with Crippen LogP contribution in [0.15, 0.2) is 16.8 Å². The number of carbonyl (C=O) groups is 3. The van der Waals surface area contributed by atoms with Gasteiger partial charge in [-0.1, -0.05) is 58.3 Å². The minimum Gasteiger partial charge on any atom is -0.478 e. The molecule has 1 amide bonds. The smallest absolute Gasteiger partial charge is 0.370 e. The van der Waals surface area contributed by atoms with E-state index >= 15 is 0 Å². The number of carboxylic acids is 1. The van der Waals surface area contributed by atoms with Crippen LogP contribution in [-0.4, -0.2) is 76.1 Å². The van der Waals surface area contributed by atoms with E-state index in [1.54, 1.807) is 0 Å². The monoisotopic (exact) mass is 514 g/mol. The van der Waals surface area contributed by atoms with Crippen molar-refractivity contribution in [3.05, 3.63) is 11.8 Å². The van der Waals surface area contributed by atoms with E-state index < -0.39 is 60.6 Å². The number of hydrogen-bond acceptors (Lipinski definition) is 8. The van der Waals surface area contributed by atoms with E-state index in [1.807, 2.05) is 0 Å². The van der Waals surface area contributed by atoms with Gasteiger partial charge in [0, 0.05) is 13.3 Å². The third-order valence-electron chi connectivity index (χ3n) is 5.82. The molecule has 0 saturated heterocycles. The first-order valence-electron chi connectivity index (χ1n) is 12.6. The lowest BCUT2D eigenvalue weighted by Gasteiger charge is -2.38. The molecule has 8 N–H and O–H groups in total. The van der Waals surface area contributed by atoms with Crippen molar-refractivity contribution >= 4 is 23.8 Å². The van der Waals surface area contributed by atoms with Crippen molar-refractivity contribution < 1.29 is 39.2 Å². The van der Waals surface area contributed by atoms with Crippen LogP contribution in [0, 0.1) is 0 Å². The number of unbranched alkanes of at least 4 members (excludes halogenated alkanes) is 8. The van der Waals surface area contributed by atoms with E-state index in [9.17, 15) is 29.7 Å². The lowest BCUT2D eigenvalue weighted by atomic mass is 9.92. The Labute approximate surface area is 212 Å². The molecule has 0 aromatic rings. The molecule has 0 aromatic carbocycles. The van der Waals surface area contributed by atoms with Gasteiger partial charge >= 0.3 is 11.9 Å². The Morgan fingerprint density at radius 2 is 1.67 bits per heavy atom. The highest BCUT2D eigenvalue weighted by Crippen LogP contribution is 2.25. The van der Waals surface area contributed by atoms with Gasteiger partial charge in [-0.05, 0) is 12.5 Å². The summed E-state index contributed by atoms with van der Waals surface area (Å²) in [6.07, 6.45) is 6.39. The maximum absolute atomic E-state index is 12.0. The Morgan fingerprint density at radius 3 is 2.19 bits per heavy atom. The first-order chi connectivity index (χ1) is 17.1. The Bertz CT molecular complexity index is 769. The van der Waals surface area contributed by atoms with Gasteiger partial charge in [0.2, 0.25) is 11.7 Å². The molecule has 12 nitrogen and oxygen atoms in total. The number of amides is 1. The van der Waals surface area contributed by atoms with Gasteiger partial charge in [-0.2, -0.15) is 0 Å². The molecule has 1 aliphatic rings. The van der Waals surface area contributed by atoms with Crippen molar-refractivity contribution in [3.63, 3.8) is 0 Å². The Morgan fingerprint density at radius 1 is 1.08 bits per heavy atom. The number of ether oxygens (including phenoxy) is 2. The zero-order valence-electron chi connectivity index (χ0n) is 21.2. The highest BCUT2D eigenvalue weighted by atomic mass is 16.6. The third-order valence-corrected chi connectivity index (χ3v) is 5.82. The quantitative estimate of drug-likeness (QED) is 0.0692. The minimum absolute atomic E-state index is 0.186. The molecule has 0 saturated carbocycles. The second-order valence-corrected chi connectivity index (χ2v) is 9.01. The SMILES string of the molecule is CCCCCCCCCCCC(=O)OCC(O)C(O)C1OC(C(=O)O)=CC(N=C(N)N)C1NC(C)=O. The number of esters is 1. The number of nitrogens with one attached hydrogen (secondary N) is 1. The molecule has 36 heavy (non-hydrogen) atoms. The van der Waals surface area contributed by atoms with E-state index in [0.717, 1.165) is 25.3 Å². The molecular formula is C24H42N4O8. The number of aliphatic hydroxyl groups excluding tert-OH is 2. The van der Waals surface area contributed by atoms with Crippen LogP contribution in [0.25, 0.3) is 0 Å². The van der Waals surface area contributed by atoms with Crippen molar-refractivity contribution in [3.8, 4) is 0 Å². The van der Waals surface area contributed by atoms with Gasteiger partial charge in [-0.3, -0.25) is 9.59 Å². The fourth-order valence-corrected chi connectivity index (χ4v) is 3.96. The van der Waals surface area contributed by atoms with E-state index in [1.165, 1.54) is 39.0 Å². The third kappa shape index (κ3) is 11.7. The van der Waals surface area contributed by atoms with Crippen molar-refractivity contribution in [1.29, 1.82) is 0 Å². The zero-order valence-corrected chi connectivity index (χ0v) is 21.2. The largest absolute Gasteiger partial charge is 0.478 e. The molecule has 1 rings (SSSR count). The van der Waals surface area contributed by atoms with E-state index in [4.69, 9.17) is 20.9 Å². The second-order valence-electron chi connectivity index (χ2n) is 9.01. The van der Waals surface area contributed by atoms with Crippen molar-refractivity contribution in [2.75, 3.05) is 6.61 Å². The van der Waals surface area contributed by atoms with E-state index in [2.05, 4.69) is 17.2 Å². The maximum Gasteiger partial charge on any atom is 0.370 e. The summed E-state index contributed by atoms with van der Waals surface area (Å²) in [6.45, 7) is 2.85. The predicted molar refractivity (Wildman–Crippen MR) is 133 cm³/mol. The first kappa shape index (κ1) is 31.2. The van der Waals surface area contributed by atoms with Crippen LogP contribution < -0.4 is 16.8 Å². The standard InChI is InChI=1S/C24H42N4O8/c1-3-4-5-6-7-8-9-10-11-12-19(31)35-14-17(30)21(32)22-20(27-15(2)29)16(28-24(25)26)13-18(36-22)23(33)34/h13,16-17,20-22,30,32H,3-12,14H2,1-2H3,(H,27,29)(H,33,34)(H4,25,26,28). The van der Waals surface area contributed by atoms with E-state index in [-0.39, 0.29) is 12.4 Å². The molecule has 0 spiro atoms. The van der Waals surface area contributed by atoms with Gasteiger partial charge in [0.25, 0.3) is 0 Å². The van der Waals surface area contributed by atoms with Gasteiger partial charge in [0.1, 0.15) is 24.9 Å². The number of aliphatic imine (C=N–C) groups is 1. The summed E-state index contributed by atoms with van der Waals surface area (Å²) >= 11 is 0. The number of aliphatic hydroxyl groups is 2. The molecule has 12 heteroatoms. The predicted octanol–water partition coefficient (Wildman–Crippen LogP) is 0.686. The molecule has 1 heterocycles. The fraction of sp³-hybridized carbons (Fsp3) is 0.750. The van der Waals surface area contributed by atoms with Gasteiger partial charge in [-0.25, -0.2) is 9.79 Å². The Kier molecular flexibility index (Phi) is 14.5. The van der Waals surface area contributed by atoms with Gasteiger partial charge < -0.3 is 41.6 Å². The number of carbonyl (C=O) groups excluding carboxylic acids is 2. The number of carboxylic acid groups (broad SMARTS) is 1. The van der Waals surface area contributed by atoms with Gasteiger partial charge in [-0.15, -0.1) is 0 Å². The number of hydrogen-bond donors (Lipinski definition) is 6. The van der Waals surface area contributed by atoms with Crippen molar-refractivity contribution in [2.24, 2.45) is 16.5 Å². The van der Waals surface area contributed by atoms with Crippen LogP contribution in [-0.2, 0) is 23.9 Å². The number of nitrogens with zero attached hydrogens (tertiary/aromatic N) is 1. The summed E-state index contributed by atoms with van der Waals surface area (Å²) in [5, 5.41) is 33.0. The normalized spacial score (nSPS) is 20.9. The van der Waals surface area contributed by atoms with Gasteiger partial charge in [0.05, 0.1) is 12.1 Å². The lowest BCUT2D eigenvalue weighted by Crippen LogP contribution is -2.60. The summed E-state index contributed by atoms with van der Waals surface area (Å²) in [4.78, 5) is 39.1. The van der Waals surface area contributed by atoms with Crippen LogP contribution in [0.1, 0.15) is 78.1 Å². The summed E-state index contributed by atoms with van der Waals surface area (Å²) < 4.78 is 10.4. The maximum atomic E-state index is 12.0. The fourth-order valence-electron chi connectivity index (χ4n) is 3.96. The highest BCUT2D eigenvalue weighted by molar-refractivity contribution is 5.85. The van der Waals surface area contributed by atoms with Crippen molar-refractivity contribution in [2.45, 2.75) is 108 Å². The Balaban J connectivity index is 2.61. The van der Waals surface area contributed by atoms with Gasteiger partial charge in [0.15, 0.2) is 5.96 Å². The molecule has 0 bridgehead atoms. The molecule has 0 aliphatic carbocycles. The van der Waals surface area contributed by atoms with Crippen LogP contribution in [0.5, 0.6) is 0 Å². The summed E-state index contributed by atoms with van der Waals surface area (Å²) in [6, 6.07) is -2.19. The van der Waals surface area contributed by atoms with Crippen LogP contribution in [0.4, 0.5) is 0 Å². The molecule has 5 unspecified atom stereocenters. The first-order valence-corrected chi connectivity index (χ1v) is 12.6. The average Bonchev–Trinajstić information content (AvgIpc) is 2.81. The van der Waals surface area contributed by atoms with Crippen LogP contribution in [0.2, 0.25) is 0 Å².